The molecule has 1 heterocycles. The average Bonchev–Trinajstić information content (AvgIpc) is 3.07. The highest BCUT2D eigenvalue weighted by Gasteiger charge is 2.43. The van der Waals surface area contributed by atoms with Gasteiger partial charge in [-0.05, 0) is 22.1 Å². The lowest BCUT2D eigenvalue weighted by molar-refractivity contribution is -0.0776. The van der Waals surface area contributed by atoms with Gasteiger partial charge in [0.1, 0.15) is 5.60 Å². The molecule has 124 valence electrons. The number of hydrogen-bond acceptors (Lipinski definition) is 2. The Morgan fingerprint density at radius 3 is 2.25 bits per heavy atom. The number of benzene rings is 2. The van der Waals surface area contributed by atoms with E-state index in [0.29, 0.717) is 6.54 Å². The smallest absolute Gasteiger partial charge is 0.113 e. The lowest BCUT2D eigenvalue weighted by Crippen LogP contribution is -2.44. The predicted molar refractivity (Wildman–Crippen MR) is 97.5 cm³/mol. The van der Waals surface area contributed by atoms with Crippen molar-refractivity contribution in [1.82, 2.24) is 9.55 Å². The molecular weight excluding hydrogens is 296 g/mol. The van der Waals surface area contributed by atoms with E-state index in [1.165, 1.54) is 0 Å². The molecule has 1 N–H and O–H groups in total. The van der Waals surface area contributed by atoms with Crippen LogP contribution in [0, 0.1) is 5.41 Å². The van der Waals surface area contributed by atoms with E-state index in [1.54, 1.807) is 12.5 Å². The third-order valence-electron chi connectivity index (χ3n) is 4.67. The van der Waals surface area contributed by atoms with Gasteiger partial charge in [-0.3, -0.25) is 0 Å². The molecule has 0 amide bonds. The van der Waals surface area contributed by atoms with Crippen LogP contribution in [0.1, 0.15) is 26.3 Å². The van der Waals surface area contributed by atoms with Crippen LogP contribution in [0.2, 0.25) is 0 Å². The molecule has 3 heteroatoms. The van der Waals surface area contributed by atoms with Gasteiger partial charge >= 0.3 is 0 Å². The molecule has 0 bridgehead atoms. The Hall–Kier alpha value is -2.39. The van der Waals surface area contributed by atoms with Gasteiger partial charge in [-0.2, -0.15) is 0 Å². The summed E-state index contributed by atoms with van der Waals surface area (Å²) < 4.78 is 1.94. The largest absolute Gasteiger partial charge is 0.383 e. The summed E-state index contributed by atoms with van der Waals surface area (Å²) in [6, 6.07) is 18.3. The summed E-state index contributed by atoms with van der Waals surface area (Å²) in [5.74, 6) is 0. The van der Waals surface area contributed by atoms with Crippen LogP contribution < -0.4 is 0 Å². The van der Waals surface area contributed by atoms with E-state index in [2.05, 4.69) is 44.0 Å². The molecule has 0 spiro atoms. The SMILES string of the molecule is CC(C)(C)C(O)(Cn1ccnc1)c1ccccc1-c1ccccc1. The van der Waals surface area contributed by atoms with Crippen molar-refractivity contribution >= 4 is 0 Å². The number of rotatable bonds is 4. The first kappa shape index (κ1) is 16.5. The van der Waals surface area contributed by atoms with E-state index < -0.39 is 5.60 Å². The van der Waals surface area contributed by atoms with E-state index in [1.807, 2.05) is 47.2 Å². The van der Waals surface area contributed by atoms with Crippen LogP contribution in [-0.4, -0.2) is 14.7 Å². The second-order valence-electron chi connectivity index (χ2n) is 7.26. The van der Waals surface area contributed by atoms with Gasteiger partial charge in [0.25, 0.3) is 0 Å². The normalized spacial score (nSPS) is 14.3. The summed E-state index contributed by atoms with van der Waals surface area (Å²) >= 11 is 0. The zero-order valence-corrected chi connectivity index (χ0v) is 14.5. The first-order chi connectivity index (χ1) is 11.4. The van der Waals surface area contributed by atoms with E-state index in [4.69, 9.17) is 0 Å². The van der Waals surface area contributed by atoms with Gasteiger partial charge in [0.15, 0.2) is 0 Å². The van der Waals surface area contributed by atoms with E-state index >= 15 is 0 Å². The van der Waals surface area contributed by atoms with Crippen molar-refractivity contribution in [2.75, 3.05) is 0 Å². The molecule has 3 rings (SSSR count). The summed E-state index contributed by atoms with van der Waals surface area (Å²) in [5.41, 5.74) is 1.75. The highest BCUT2D eigenvalue weighted by Crippen LogP contribution is 2.44. The molecule has 0 fully saturated rings. The van der Waals surface area contributed by atoms with Crippen molar-refractivity contribution in [2.45, 2.75) is 32.9 Å². The van der Waals surface area contributed by atoms with Gasteiger partial charge in [0.05, 0.1) is 12.9 Å². The van der Waals surface area contributed by atoms with Gasteiger partial charge in [-0.15, -0.1) is 0 Å². The Balaban J connectivity index is 2.16. The van der Waals surface area contributed by atoms with E-state index in [0.717, 1.165) is 16.7 Å². The number of nitrogens with zero attached hydrogens (tertiary/aromatic N) is 2. The maximum atomic E-state index is 11.8. The van der Waals surface area contributed by atoms with Gasteiger partial charge < -0.3 is 9.67 Å². The van der Waals surface area contributed by atoms with E-state index in [-0.39, 0.29) is 5.41 Å². The first-order valence-electron chi connectivity index (χ1n) is 8.25. The van der Waals surface area contributed by atoms with Gasteiger partial charge in [0.2, 0.25) is 0 Å². The molecule has 1 aromatic heterocycles. The van der Waals surface area contributed by atoms with Crippen LogP contribution in [0.25, 0.3) is 11.1 Å². The Labute approximate surface area is 143 Å². The second kappa shape index (κ2) is 6.25. The quantitative estimate of drug-likeness (QED) is 0.769. The Morgan fingerprint density at radius 1 is 0.958 bits per heavy atom. The molecule has 3 nitrogen and oxygen atoms in total. The van der Waals surface area contributed by atoms with Crippen LogP contribution in [0.3, 0.4) is 0 Å². The molecule has 3 aromatic rings. The van der Waals surface area contributed by atoms with Crippen LogP contribution in [0.15, 0.2) is 73.3 Å². The van der Waals surface area contributed by atoms with Crippen molar-refractivity contribution in [3.8, 4) is 11.1 Å². The molecule has 0 aliphatic heterocycles. The lowest BCUT2D eigenvalue weighted by atomic mass is 9.70. The topological polar surface area (TPSA) is 38.0 Å². The highest BCUT2D eigenvalue weighted by atomic mass is 16.3. The summed E-state index contributed by atoms with van der Waals surface area (Å²) in [5, 5.41) is 11.8. The third kappa shape index (κ3) is 3.00. The van der Waals surface area contributed by atoms with Crippen molar-refractivity contribution in [3.63, 3.8) is 0 Å². The molecule has 0 radical (unpaired) electrons. The summed E-state index contributed by atoms with van der Waals surface area (Å²) in [6.07, 6.45) is 5.38. The molecule has 0 saturated carbocycles. The number of hydrogen-bond donors (Lipinski definition) is 1. The highest BCUT2D eigenvalue weighted by molar-refractivity contribution is 5.68. The summed E-state index contributed by atoms with van der Waals surface area (Å²) in [4.78, 5) is 4.11. The van der Waals surface area contributed by atoms with Crippen molar-refractivity contribution < 1.29 is 5.11 Å². The fourth-order valence-electron chi connectivity index (χ4n) is 3.08. The molecule has 1 atom stereocenters. The fourth-order valence-corrected chi connectivity index (χ4v) is 3.08. The molecule has 1 unspecified atom stereocenters. The van der Waals surface area contributed by atoms with Crippen LogP contribution in [-0.2, 0) is 12.1 Å². The maximum Gasteiger partial charge on any atom is 0.113 e. The summed E-state index contributed by atoms with van der Waals surface area (Å²) in [7, 11) is 0. The second-order valence-corrected chi connectivity index (χ2v) is 7.26. The van der Waals surface area contributed by atoms with E-state index in [9.17, 15) is 5.11 Å². The molecule has 0 aliphatic carbocycles. The van der Waals surface area contributed by atoms with Gasteiger partial charge in [0, 0.05) is 12.4 Å². The zero-order chi connectivity index (χ0) is 17.2. The zero-order valence-electron chi connectivity index (χ0n) is 14.5. The predicted octanol–water partition coefficient (Wildman–Crippen LogP) is 4.48. The maximum absolute atomic E-state index is 11.8. The fraction of sp³-hybridized carbons (Fsp3) is 0.286. The van der Waals surface area contributed by atoms with Gasteiger partial charge in [-0.25, -0.2) is 4.98 Å². The monoisotopic (exact) mass is 320 g/mol. The van der Waals surface area contributed by atoms with Gasteiger partial charge in [-0.1, -0.05) is 75.4 Å². The molecule has 0 saturated heterocycles. The minimum Gasteiger partial charge on any atom is -0.383 e. The molecular formula is C21H24N2O. The van der Waals surface area contributed by atoms with Crippen LogP contribution in [0.5, 0.6) is 0 Å². The van der Waals surface area contributed by atoms with Crippen molar-refractivity contribution in [1.29, 1.82) is 0 Å². The van der Waals surface area contributed by atoms with Crippen molar-refractivity contribution in [3.05, 3.63) is 78.9 Å². The minimum absolute atomic E-state index is 0.345. The molecule has 2 aromatic carbocycles. The van der Waals surface area contributed by atoms with Crippen molar-refractivity contribution in [2.24, 2.45) is 5.41 Å². The first-order valence-corrected chi connectivity index (χ1v) is 8.25. The lowest BCUT2D eigenvalue weighted by Gasteiger charge is -2.42. The third-order valence-corrected chi connectivity index (χ3v) is 4.67. The standard InChI is InChI=1S/C21H24N2O/c1-20(2,3)21(24,15-23-14-13-22-16-23)19-12-8-7-11-18(19)17-9-5-4-6-10-17/h4-14,16,24H,15H2,1-3H3. The molecule has 0 aliphatic rings. The number of aromatic nitrogens is 2. The Kier molecular flexibility index (Phi) is 4.29. The van der Waals surface area contributed by atoms with Crippen LogP contribution in [0.4, 0.5) is 0 Å². The average molecular weight is 320 g/mol. The number of imidazole rings is 1. The minimum atomic E-state index is -1.03. The summed E-state index contributed by atoms with van der Waals surface area (Å²) in [6.45, 7) is 6.68. The van der Waals surface area contributed by atoms with Crippen LogP contribution >= 0.6 is 0 Å². The number of aliphatic hydroxyl groups is 1. The Bertz CT molecular complexity index is 788. The molecule has 24 heavy (non-hydrogen) atoms. The Morgan fingerprint density at radius 2 is 1.62 bits per heavy atom.